The van der Waals surface area contributed by atoms with Gasteiger partial charge in [0.2, 0.25) is 0 Å². The second-order valence-corrected chi connectivity index (χ2v) is 16.2. The van der Waals surface area contributed by atoms with Gasteiger partial charge in [0, 0.05) is 15.9 Å². The number of ether oxygens (including phenoxy) is 3. The highest BCUT2D eigenvalue weighted by atomic mass is 32.2. The van der Waals surface area contributed by atoms with E-state index in [4.69, 9.17) is 19.9 Å². The predicted molar refractivity (Wildman–Crippen MR) is 229 cm³/mol. The van der Waals surface area contributed by atoms with E-state index >= 15 is 0 Å². The Kier molecular flexibility index (Phi) is 21.4. The number of methoxy groups -OCH3 is 1. The van der Waals surface area contributed by atoms with Gasteiger partial charge >= 0.3 is 0 Å². The van der Waals surface area contributed by atoms with Gasteiger partial charge in [-0.15, -0.1) is 11.8 Å². The van der Waals surface area contributed by atoms with Crippen molar-refractivity contribution in [2.45, 2.75) is 146 Å². The summed E-state index contributed by atoms with van der Waals surface area (Å²) >= 11 is 3.64. The molecule has 1 heterocycles. The fourth-order valence-electron chi connectivity index (χ4n) is 5.79. The first-order valence-corrected chi connectivity index (χ1v) is 21.9. The minimum atomic E-state index is 0.626. The van der Waals surface area contributed by atoms with Crippen LogP contribution >= 0.6 is 23.5 Å². The largest absolute Gasteiger partial charge is 0.494 e. The molecule has 2 N–H and O–H groups in total. The molecule has 53 heavy (non-hydrogen) atoms. The normalized spacial score (nSPS) is 10.9. The van der Waals surface area contributed by atoms with E-state index in [2.05, 4.69) is 88.2 Å². The van der Waals surface area contributed by atoms with Gasteiger partial charge in [-0.25, -0.2) is 4.68 Å². The van der Waals surface area contributed by atoms with Crippen molar-refractivity contribution in [3.63, 3.8) is 0 Å². The Hall–Kier alpha value is -3.23. The molecule has 0 radical (unpaired) electrons. The fraction of sp³-hybridized carbons (Fsp3) is 0.533. The van der Waals surface area contributed by atoms with Crippen molar-refractivity contribution in [3.05, 3.63) is 77.5 Å². The molecule has 0 aliphatic rings. The SMILES string of the molecule is CCCCCCCCCCCCSc1ccc(-n2nc(C)cc2N)c(OC)c1.CCCCOc1cc(Sc2ccc(C)cc2)c(OCCCC)cc1C. The maximum Gasteiger partial charge on any atom is 0.145 e. The van der Waals surface area contributed by atoms with Gasteiger partial charge in [-0.1, -0.05) is 121 Å². The van der Waals surface area contributed by atoms with Crippen molar-refractivity contribution in [2.75, 3.05) is 31.8 Å². The third kappa shape index (κ3) is 16.4. The molecule has 0 saturated carbocycles. The molecule has 3 aromatic carbocycles. The van der Waals surface area contributed by atoms with E-state index in [1.807, 2.05) is 30.8 Å². The van der Waals surface area contributed by atoms with Gasteiger partial charge in [0.05, 0.1) is 30.9 Å². The minimum Gasteiger partial charge on any atom is -0.494 e. The summed E-state index contributed by atoms with van der Waals surface area (Å²) in [4.78, 5) is 3.57. The molecule has 0 unspecified atom stereocenters. The van der Waals surface area contributed by atoms with Gasteiger partial charge in [-0.2, -0.15) is 5.10 Å². The van der Waals surface area contributed by atoms with Crippen LogP contribution in [0.4, 0.5) is 5.82 Å². The van der Waals surface area contributed by atoms with E-state index in [0.717, 1.165) is 83.7 Å². The summed E-state index contributed by atoms with van der Waals surface area (Å²) < 4.78 is 19.4. The van der Waals surface area contributed by atoms with Crippen LogP contribution in [0, 0.1) is 20.8 Å². The van der Waals surface area contributed by atoms with E-state index in [-0.39, 0.29) is 0 Å². The summed E-state index contributed by atoms with van der Waals surface area (Å²) in [6.45, 7) is 14.3. The van der Waals surface area contributed by atoms with E-state index in [0.29, 0.717) is 5.82 Å². The van der Waals surface area contributed by atoms with Gasteiger partial charge in [-0.05, 0) is 93.8 Å². The summed E-state index contributed by atoms with van der Waals surface area (Å²) in [6.07, 6.45) is 18.2. The second-order valence-electron chi connectivity index (χ2n) is 13.9. The van der Waals surface area contributed by atoms with Gasteiger partial charge < -0.3 is 19.9 Å². The summed E-state index contributed by atoms with van der Waals surface area (Å²) in [7, 11) is 1.70. The number of aromatic nitrogens is 2. The van der Waals surface area contributed by atoms with Crippen LogP contribution in [0.2, 0.25) is 0 Å². The lowest BCUT2D eigenvalue weighted by molar-refractivity contribution is 0.293. The molecule has 6 nitrogen and oxygen atoms in total. The zero-order valence-electron chi connectivity index (χ0n) is 33.8. The number of anilines is 1. The highest BCUT2D eigenvalue weighted by Crippen LogP contribution is 2.40. The Morgan fingerprint density at radius 2 is 1.21 bits per heavy atom. The number of unbranched alkanes of at least 4 members (excludes halogenated alkanes) is 11. The highest BCUT2D eigenvalue weighted by molar-refractivity contribution is 7.99. The molecular formula is C45H67N3O3S2. The highest BCUT2D eigenvalue weighted by Gasteiger charge is 2.13. The second kappa shape index (κ2) is 25.7. The van der Waals surface area contributed by atoms with Crippen molar-refractivity contribution < 1.29 is 14.2 Å². The molecule has 0 aliphatic heterocycles. The van der Waals surface area contributed by atoms with Crippen LogP contribution in [0.1, 0.15) is 127 Å². The van der Waals surface area contributed by atoms with E-state index < -0.39 is 0 Å². The standard InChI is InChI=1S/C23H37N3OS.C22H30O2S/c1-4-5-6-7-8-9-10-11-12-13-16-28-20-14-15-21(22(18-20)27-3)26-23(24)17-19(2)25-26;1-5-7-13-23-20-16-22(25-19-11-9-17(3)10-12-19)21(15-18(20)4)24-14-8-6-2/h14-15,17-18H,4-13,16,24H2,1-3H3;9-12,15-16H,5-8,13-14H2,1-4H3. The Morgan fingerprint density at radius 1 is 0.623 bits per heavy atom. The number of nitrogens with two attached hydrogens (primary N) is 1. The number of benzene rings is 3. The maximum atomic E-state index is 6.06. The first-order valence-electron chi connectivity index (χ1n) is 20.1. The Bertz CT molecular complexity index is 1590. The van der Waals surface area contributed by atoms with Crippen LogP contribution in [0.15, 0.2) is 75.4 Å². The van der Waals surface area contributed by atoms with Crippen molar-refractivity contribution in [1.29, 1.82) is 0 Å². The van der Waals surface area contributed by atoms with E-state index in [1.54, 1.807) is 23.6 Å². The molecule has 4 aromatic rings. The molecule has 0 amide bonds. The molecule has 0 aliphatic carbocycles. The molecule has 4 rings (SSSR count). The average Bonchev–Trinajstić information content (AvgIpc) is 3.50. The fourth-order valence-corrected chi connectivity index (χ4v) is 7.64. The summed E-state index contributed by atoms with van der Waals surface area (Å²) in [6, 6.07) is 21.0. The lowest BCUT2D eigenvalue weighted by Gasteiger charge is -2.16. The lowest BCUT2D eigenvalue weighted by Crippen LogP contribution is -2.04. The predicted octanol–water partition coefficient (Wildman–Crippen LogP) is 13.6. The Morgan fingerprint density at radius 3 is 1.79 bits per heavy atom. The lowest BCUT2D eigenvalue weighted by atomic mass is 10.1. The smallest absolute Gasteiger partial charge is 0.145 e. The Balaban J connectivity index is 0.000000287. The summed E-state index contributed by atoms with van der Waals surface area (Å²) in [5.41, 5.74) is 10.2. The molecule has 8 heteroatoms. The third-order valence-electron chi connectivity index (χ3n) is 9.01. The van der Waals surface area contributed by atoms with Crippen molar-refractivity contribution >= 4 is 29.3 Å². The number of aryl methyl sites for hydroxylation is 3. The van der Waals surface area contributed by atoms with Crippen LogP contribution in [-0.2, 0) is 0 Å². The number of hydrogen-bond donors (Lipinski definition) is 1. The van der Waals surface area contributed by atoms with Crippen LogP contribution in [0.25, 0.3) is 5.69 Å². The quantitative estimate of drug-likeness (QED) is 0.0563. The van der Waals surface area contributed by atoms with Gasteiger partial charge in [0.25, 0.3) is 0 Å². The minimum absolute atomic E-state index is 0.626. The molecule has 0 spiro atoms. The molecule has 0 bridgehead atoms. The molecule has 0 atom stereocenters. The van der Waals surface area contributed by atoms with Crippen LogP contribution < -0.4 is 19.9 Å². The summed E-state index contributed by atoms with van der Waals surface area (Å²) in [5.74, 6) is 4.51. The van der Waals surface area contributed by atoms with Crippen molar-refractivity contribution in [2.24, 2.45) is 0 Å². The number of hydrogen-bond acceptors (Lipinski definition) is 7. The third-order valence-corrected chi connectivity index (χ3v) is 11.1. The molecular weight excluding hydrogens is 695 g/mol. The van der Waals surface area contributed by atoms with Crippen molar-refractivity contribution in [1.82, 2.24) is 9.78 Å². The maximum absolute atomic E-state index is 6.06. The van der Waals surface area contributed by atoms with Gasteiger partial charge in [0.15, 0.2) is 0 Å². The Labute approximate surface area is 330 Å². The van der Waals surface area contributed by atoms with Crippen LogP contribution in [0.3, 0.4) is 0 Å². The number of nitrogen functional groups attached to an aromatic ring is 1. The van der Waals surface area contributed by atoms with Gasteiger partial charge in [-0.3, -0.25) is 0 Å². The number of thioether (sulfide) groups is 1. The van der Waals surface area contributed by atoms with E-state index in [9.17, 15) is 0 Å². The monoisotopic (exact) mass is 761 g/mol. The van der Waals surface area contributed by atoms with Gasteiger partial charge in [0.1, 0.15) is 28.8 Å². The molecule has 0 saturated heterocycles. The summed E-state index contributed by atoms with van der Waals surface area (Å²) in [5, 5.41) is 4.46. The van der Waals surface area contributed by atoms with Crippen molar-refractivity contribution in [3.8, 4) is 22.9 Å². The molecule has 292 valence electrons. The zero-order chi connectivity index (χ0) is 38.3. The first kappa shape index (κ1) is 44.2. The first-order chi connectivity index (χ1) is 25.8. The topological polar surface area (TPSA) is 71.5 Å². The van der Waals surface area contributed by atoms with Crippen LogP contribution in [-0.4, -0.2) is 35.9 Å². The molecule has 0 fully saturated rings. The molecule has 1 aromatic heterocycles. The average molecular weight is 762 g/mol. The zero-order valence-corrected chi connectivity index (χ0v) is 35.4. The van der Waals surface area contributed by atoms with E-state index in [1.165, 1.54) is 79.6 Å². The van der Waals surface area contributed by atoms with Crippen LogP contribution in [0.5, 0.6) is 17.2 Å². The number of nitrogens with zero attached hydrogens (tertiary/aromatic N) is 2. The number of rotatable bonds is 24.